The Balaban J connectivity index is 2.82. The number of nitrogens with zero attached hydrogens (tertiary/aromatic N) is 3. The van der Waals surface area contributed by atoms with Gasteiger partial charge < -0.3 is 10.2 Å². The lowest BCUT2D eigenvalue weighted by molar-refractivity contribution is 0.608. The largest absolute Gasteiger partial charge is 0.370 e. The summed E-state index contributed by atoms with van der Waals surface area (Å²) in [7, 11) is 0. The number of nitriles is 1. The van der Waals surface area contributed by atoms with Crippen LogP contribution in [0.2, 0.25) is 0 Å². The van der Waals surface area contributed by atoms with Crippen LogP contribution in [0.1, 0.15) is 27.2 Å². The average Bonchev–Trinajstić information content (AvgIpc) is 2.35. The lowest BCUT2D eigenvalue weighted by atomic mass is 10.2. The highest BCUT2D eigenvalue weighted by atomic mass is 15.2. The maximum Gasteiger partial charge on any atom is 0.130 e. The van der Waals surface area contributed by atoms with Crippen LogP contribution in [0.5, 0.6) is 0 Å². The molecule has 0 aliphatic carbocycles. The number of pyridine rings is 1. The van der Waals surface area contributed by atoms with Crippen LogP contribution < -0.4 is 10.2 Å². The van der Waals surface area contributed by atoms with Gasteiger partial charge in [0.05, 0.1) is 12.5 Å². The standard InChI is InChI=1S/C14H22N4/c1-4-16-13-7-5-8-14(17-13)18(10-6-9-15)11-12(2)3/h5,7-8,12H,4,6,10-11H2,1-3H3,(H,16,17). The molecule has 4 heteroatoms. The van der Waals surface area contributed by atoms with Gasteiger partial charge in [0.25, 0.3) is 0 Å². The zero-order chi connectivity index (χ0) is 13.4. The summed E-state index contributed by atoms with van der Waals surface area (Å²) in [5, 5.41) is 11.9. The maximum atomic E-state index is 8.73. The van der Waals surface area contributed by atoms with E-state index in [2.05, 4.69) is 42.0 Å². The van der Waals surface area contributed by atoms with Gasteiger partial charge in [-0.2, -0.15) is 5.26 Å². The molecule has 0 aliphatic heterocycles. The Kier molecular flexibility index (Phi) is 5.99. The molecule has 1 rings (SSSR count). The van der Waals surface area contributed by atoms with Crippen molar-refractivity contribution < 1.29 is 0 Å². The average molecular weight is 246 g/mol. The molecular formula is C14H22N4. The Labute approximate surface area is 110 Å². The topological polar surface area (TPSA) is 52.0 Å². The summed E-state index contributed by atoms with van der Waals surface area (Å²) < 4.78 is 0. The van der Waals surface area contributed by atoms with Gasteiger partial charge in [-0.15, -0.1) is 0 Å². The minimum absolute atomic E-state index is 0.528. The van der Waals surface area contributed by atoms with Crippen LogP contribution in [0.25, 0.3) is 0 Å². The van der Waals surface area contributed by atoms with E-state index < -0.39 is 0 Å². The lowest BCUT2D eigenvalue weighted by Gasteiger charge is -2.25. The van der Waals surface area contributed by atoms with E-state index in [1.54, 1.807) is 0 Å². The predicted octanol–water partition coefficient (Wildman–Crippen LogP) is 2.89. The minimum atomic E-state index is 0.528. The second-order valence-electron chi connectivity index (χ2n) is 4.66. The molecule has 0 bridgehead atoms. The molecule has 1 aromatic rings. The summed E-state index contributed by atoms with van der Waals surface area (Å²) in [6, 6.07) is 8.16. The molecule has 18 heavy (non-hydrogen) atoms. The third-order valence-corrected chi connectivity index (χ3v) is 2.50. The van der Waals surface area contributed by atoms with Crippen LogP contribution in [-0.4, -0.2) is 24.6 Å². The minimum Gasteiger partial charge on any atom is -0.370 e. The van der Waals surface area contributed by atoms with E-state index in [-0.39, 0.29) is 0 Å². The first-order valence-electron chi connectivity index (χ1n) is 6.50. The third kappa shape index (κ3) is 4.62. The van der Waals surface area contributed by atoms with Gasteiger partial charge in [0.1, 0.15) is 11.6 Å². The van der Waals surface area contributed by atoms with E-state index in [0.717, 1.165) is 31.3 Å². The van der Waals surface area contributed by atoms with Crippen molar-refractivity contribution in [2.75, 3.05) is 29.9 Å². The quantitative estimate of drug-likeness (QED) is 0.803. The number of hydrogen-bond donors (Lipinski definition) is 1. The summed E-state index contributed by atoms with van der Waals surface area (Å²) in [5.41, 5.74) is 0. The van der Waals surface area contributed by atoms with Crippen molar-refractivity contribution in [3.05, 3.63) is 18.2 Å². The fourth-order valence-corrected chi connectivity index (χ4v) is 1.80. The van der Waals surface area contributed by atoms with Crippen LogP contribution in [0, 0.1) is 17.2 Å². The Hall–Kier alpha value is -1.76. The molecule has 98 valence electrons. The molecule has 0 radical (unpaired) electrons. The van der Waals surface area contributed by atoms with Gasteiger partial charge in [0.2, 0.25) is 0 Å². The Morgan fingerprint density at radius 1 is 1.44 bits per heavy atom. The van der Waals surface area contributed by atoms with E-state index in [4.69, 9.17) is 5.26 Å². The highest BCUT2D eigenvalue weighted by Gasteiger charge is 2.10. The van der Waals surface area contributed by atoms with Crippen molar-refractivity contribution >= 4 is 11.6 Å². The van der Waals surface area contributed by atoms with E-state index in [9.17, 15) is 0 Å². The molecule has 0 amide bonds. The first-order valence-corrected chi connectivity index (χ1v) is 6.50. The summed E-state index contributed by atoms with van der Waals surface area (Å²) in [4.78, 5) is 6.75. The summed E-state index contributed by atoms with van der Waals surface area (Å²) in [6.45, 7) is 8.91. The van der Waals surface area contributed by atoms with E-state index in [0.29, 0.717) is 12.3 Å². The zero-order valence-electron chi connectivity index (χ0n) is 11.5. The van der Waals surface area contributed by atoms with Gasteiger partial charge in [0, 0.05) is 19.6 Å². The first kappa shape index (κ1) is 14.3. The van der Waals surface area contributed by atoms with Crippen LogP contribution in [-0.2, 0) is 0 Å². The van der Waals surface area contributed by atoms with E-state index in [1.165, 1.54) is 0 Å². The van der Waals surface area contributed by atoms with E-state index in [1.807, 2.05) is 18.2 Å². The molecule has 1 N–H and O–H groups in total. The lowest BCUT2D eigenvalue weighted by Crippen LogP contribution is -2.29. The summed E-state index contributed by atoms with van der Waals surface area (Å²) in [5.74, 6) is 2.38. The van der Waals surface area contributed by atoms with Crippen LogP contribution in [0.15, 0.2) is 18.2 Å². The number of aromatic nitrogens is 1. The van der Waals surface area contributed by atoms with Crippen molar-refractivity contribution in [2.24, 2.45) is 5.92 Å². The number of anilines is 2. The van der Waals surface area contributed by atoms with Gasteiger partial charge >= 0.3 is 0 Å². The number of hydrogen-bond acceptors (Lipinski definition) is 4. The molecule has 0 atom stereocenters. The van der Waals surface area contributed by atoms with Gasteiger partial charge in [-0.1, -0.05) is 19.9 Å². The molecule has 4 nitrogen and oxygen atoms in total. The Bertz CT molecular complexity index is 395. The molecule has 0 aliphatic rings. The molecule has 0 fully saturated rings. The molecule has 1 aromatic heterocycles. The summed E-state index contributed by atoms with van der Waals surface area (Å²) in [6.07, 6.45) is 0.528. The van der Waals surface area contributed by atoms with Crippen molar-refractivity contribution in [3.63, 3.8) is 0 Å². The van der Waals surface area contributed by atoms with Crippen molar-refractivity contribution in [2.45, 2.75) is 27.2 Å². The van der Waals surface area contributed by atoms with E-state index >= 15 is 0 Å². The summed E-state index contributed by atoms with van der Waals surface area (Å²) >= 11 is 0. The molecule has 0 saturated carbocycles. The second-order valence-corrected chi connectivity index (χ2v) is 4.66. The highest BCUT2D eigenvalue weighted by Crippen LogP contribution is 2.16. The fraction of sp³-hybridized carbons (Fsp3) is 0.571. The monoisotopic (exact) mass is 246 g/mol. The predicted molar refractivity (Wildman–Crippen MR) is 75.7 cm³/mol. The van der Waals surface area contributed by atoms with Gasteiger partial charge in [-0.3, -0.25) is 0 Å². The molecule has 0 unspecified atom stereocenters. The second kappa shape index (κ2) is 7.54. The molecule has 1 heterocycles. The number of nitrogens with one attached hydrogen (secondary N) is 1. The van der Waals surface area contributed by atoms with Crippen LogP contribution in [0.4, 0.5) is 11.6 Å². The maximum absolute atomic E-state index is 8.73. The van der Waals surface area contributed by atoms with Crippen molar-refractivity contribution in [1.82, 2.24) is 4.98 Å². The van der Waals surface area contributed by atoms with Crippen LogP contribution in [0.3, 0.4) is 0 Å². The normalized spacial score (nSPS) is 10.2. The Morgan fingerprint density at radius 3 is 2.83 bits per heavy atom. The van der Waals surface area contributed by atoms with Gasteiger partial charge in [-0.25, -0.2) is 4.98 Å². The smallest absolute Gasteiger partial charge is 0.130 e. The van der Waals surface area contributed by atoms with Gasteiger partial charge in [-0.05, 0) is 25.0 Å². The first-order chi connectivity index (χ1) is 8.67. The van der Waals surface area contributed by atoms with Crippen molar-refractivity contribution in [1.29, 1.82) is 5.26 Å². The SMILES string of the molecule is CCNc1cccc(N(CCC#N)CC(C)C)n1. The third-order valence-electron chi connectivity index (χ3n) is 2.50. The molecular weight excluding hydrogens is 224 g/mol. The van der Waals surface area contributed by atoms with Crippen molar-refractivity contribution in [3.8, 4) is 6.07 Å². The molecule has 0 spiro atoms. The molecule has 0 saturated heterocycles. The molecule has 0 aromatic carbocycles. The zero-order valence-corrected chi connectivity index (χ0v) is 11.5. The Morgan fingerprint density at radius 2 is 2.22 bits per heavy atom. The number of rotatable bonds is 7. The van der Waals surface area contributed by atoms with Gasteiger partial charge in [0.15, 0.2) is 0 Å². The fourth-order valence-electron chi connectivity index (χ4n) is 1.80. The van der Waals surface area contributed by atoms with Crippen LogP contribution >= 0.6 is 0 Å². The highest BCUT2D eigenvalue weighted by molar-refractivity contribution is 5.47.